The molecule has 1 aromatic heterocycles. The normalized spacial score (nSPS) is 11.6. The summed E-state index contributed by atoms with van der Waals surface area (Å²) in [7, 11) is 0. The van der Waals surface area contributed by atoms with Crippen molar-refractivity contribution in [3.05, 3.63) is 44.7 Å². The van der Waals surface area contributed by atoms with E-state index in [4.69, 9.17) is 0 Å². The Morgan fingerprint density at radius 2 is 1.62 bits per heavy atom. The maximum Gasteiger partial charge on any atom is 0.198 e. The summed E-state index contributed by atoms with van der Waals surface area (Å²) in [6.07, 6.45) is 4.87. The van der Waals surface area contributed by atoms with E-state index in [-0.39, 0.29) is 5.43 Å². The van der Waals surface area contributed by atoms with Crippen LogP contribution in [0.1, 0.15) is 61.9 Å². The lowest BCUT2D eigenvalue weighted by Gasteiger charge is -2.20. The summed E-state index contributed by atoms with van der Waals surface area (Å²) in [5.74, 6) is 0. The van der Waals surface area contributed by atoms with E-state index in [9.17, 15) is 4.79 Å². The molecule has 0 aliphatic heterocycles. The molecule has 2 aromatic rings. The molecule has 24 heavy (non-hydrogen) atoms. The summed E-state index contributed by atoms with van der Waals surface area (Å²) in [5.41, 5.74) is 5.52. The number of hydrogen-bond donors (Lipinski definition) is 2. The number of pyridine rings is 1. The predicted octanol–water partition coefficient (Wildman–Crippen LogP) is 3.44. The highest BCUT2D eigenvalue weighted by Gasteiger charge is 2.17. The molecule has 2 N–H and O–H groups in total. The summed E-state index contributed by atoms with van der Waals surface area (Å²) < 4.78 is 0. The van der Waals surface area contributed by atoms with Gasteiger partial charge in [0.05, 0.1) is 24.2 Å². The minimum Gasteiger partial charge on any atom is -0.358 e. The van der Waals surface area contributed by atoms with E-state index >= 15 is 0 Å². The minimum absolute atomic E-state index is 0.221. The molecule has 132 valence electrons. The quantitative estimate of drug-likeness (QED) is 0.765. The van der Waals surface area contributed by atoms with Crippen LogP contribution in [0.3, 0.4) is 0 Å². The van der Waals surface area contributed by atoms with Crippen molar-refractivity contribution in [1.82, 2.24) is 4.98 Å². The molecule has 0 radical (unpaired) electrons. The molecule has 1 heterocycles. The van der Waals surface area contributed by atoms with Crippen LogP contribution in [-0.4, -0.2) is 18.1 Å². The first-order valence-electron chi connectivity index (χ1n) is 9.44. The number of aryl methyl sites for hydroxylation is 3. The van der Waals surface area contributed by atoms with Crippen LogP contribution in [0.2, 0.25) is 0 Å². The highest BCUT2D eigenvalue weighted by molar-refractivity contribution is 5.83. The van der Waals surface area contributed by atoms with Crippen LogP contribution in [0, 0.1) is 20.8 Å². The Morgan fingerprint density at radius 3 is 2.21 bits per heavy atom. The van der Waals surface area contributed by atoms with Gasteiger partial charge in [0.15, 0.2) is 5.43 Å². The highest BCUT2D eigenvalue weighted by Crippen LogP contribution is 2.17. The number of rotatable bonds is 8. The summed E-state index contributed by atoms with van der Waals surface area (Å²) in [6.45, 7) is 13.8. The number of benzene rings is 1. The fraction of sp³-hybridized carbons (Fsp3) is 0.571. The van der Waals surface area contributed by atoms with Crippen LogP contribution in [0.5, 0.6) is 0 Å². The number of hydrogen-bond acceptors (Lipinski definition) is 1. The third-order valence-corrected chi connectivity index (χ3v) is 4.96. The van der Waals surface area contributed by atoms with Gasteiger partial charge >= 0.3 is 0 Å². The number of H-pyrrole nitrogens is 1. The summed E-state index contributed by atoms with van der Waals surface area (Å²) >= 11 is 0. The zero-order valence-corrected chi connectivity index (χ0v) is 16.0. The molecule has 0 saturated heterocycles. The maximum absolute atomic E-state index is 13.1. The van der Waals surface area contributed by atoms with Crippen LogP contribution < -0.4 is 10.3 Å². The van der Waals surface area contributed by atoms with Crippen molar-refractivity contribution in [3.8, 4) is 0 Å². The van der Waals surface area contributed by atoms with Gasteiger partial charge in [0.1, 0.15) is 6.54 Å². The Hall–Kier alpha value is -1.61. The van der Waals surface area contributed by atoms with Gasteiger partial charge in [-0.2, -0.15) is 0 Å². The number of unbranched alkanes of at least 4 members (excludes halogenated alkanes) is 2. The number of fused-ring (bicyclic) bond motifs is 1. The lowest BCUT2D eigenvalue weighted by atomic mass is 10.0. The van der Waals surface area contributed by atoms with Crippen LogP contribution in [0.15, 0.2) is 16.9 Å². The van der Waals surface area contributed by atoms with Gasteiger partial charge in [-0.05, 0) is 50.8 Å². The molecule has 0 unspecified atom stereocenters. The monoisotopic (exact) mass is 329 g/mol. The average molecular weight is 330 g/mol. The molecular weight excluding hydrogens is 296 g/mol. The Kier molecular flexibility index (Phi) is 6.61. The van der Waals surface area contributed by atoms with Crippen molar-refractivity contribution in [2.45, 2.75) is 66.8 Å². The smallest absolute Gasteiger partial charge is 0.198 e. The minimum atomic E-state index is 0.221. The Bertz CT molecular complexity index is 738. The molecule has 3 heteroatoms. The molecule has 0 fully saturated rings. The third-order valence-electron chi connectivity index (χ3n) is 4.96. The molecule has 1 aromatic carbocycles. The van der Waals surface area contributed by atoms with Crippen molar-refractivity contribution in [2.24, 2.45) is 0 Å². The van der Waals surface area contributed by atoms with Gasteiger partial charge in [0.2, 0.25) is 0 Å². The first-order chi connectivity index (χ1) is 11.5. The van der Waals surface area contributed by atoms with Gasteiger partial charge in [-0.15, -0.1) is 0 Å². The fourth-order valence-electron chi connectivity index (χ4n) is 3.53. The van der Waals surface area contributed by atoms with Crippen molar-refractivity contribution < 1.29 is 4.90 Å². The van der Waals surface area contributed by atoms with E-state index in [0.29, 0.717) is 0 Å². The SMILES string of the molecule is CCCC[NH+](CCCC)Cc1c(C)[nH]c2c(C)cc(C)cc2c1=O. The van der Waals surface area contributed by atoms with Crippen LogP contribution in [0.25, 0.3) is 10.9 Å². The van der Waals surface area contributed by atoms with Gasteiger partial charge < -0.3 is 9.88 Å². The molecule has 0 spiro atoms. The standard InChI is InChI=1S/C21H32N2O/c1-6-8-10-23(11-9-7-2)14-19-17(5)22-20-16(4)12-15(3)13-18(20)21(19)24/h12-13H,6-11,14H2,1-5H3,(H,22,24)/p+1. The second-order valence-corrected chi connectivity index (χ2v) is 7.20. The molecular formula is C21H33N2O+. The largest absolute Gasteiger partial charge is 0.358 e. The first kappa shape index (κ1) is 18.7. The number of nitrogens with one attached hydrogen (secondary N) is 2. The van der Waals surface area contributed by atoms with E-state index in [0.717, 1.165) is 52.9 Å². The summed E-state index contributed by atoms with van der Waals surface area (Å²) in [6, 6.07) is 4.17. The average Bonchev–Trinajstić information content (AvgIpc) is 2.54. The Labute approximate surface area is 146 Å². The van der Waals surface area contributed by atoms with Crippen molar-refractivity contribution in [1.29, 1.82) is 0 Å². The van der Waals surface area contributed by atoms with Crippen molar-refractivity contribution >= 4 is 10.9 Å². The third kappa shape index (κ3) is 4.27. The van der Waals surface area contributed by atoms with Crippen LogP contribution in [-0.2, 0) is 6.54 Å². The molecule has 0 amide bonds. The lowest BCUT2D eigenvalue weighted by Crippen LogP contribution is -3.10. The van der Waals surface area contributed by atoms with E-state index in [2.05, 4.69) is 38.7 Å². The fourth-order valence-corrected chi connectivity index (χ4v) is 3.53. The second-order valence-electron chi connectivity index (χ2n) is 7.20. The molecule has 0 aliphatic carbocycles. The lowest BCUT2D eigenvalue weighted by molar-refractivity contribution is -0.914. The van der Waals surface area contributed by atoms with Crippen LogP contribution >= 0.6 is 0 Å². The van der Waals surface area contributed by atoms with Gasteiger partial charge in [0.25, 0.3) is 0 Å². The van der Waals surface area contributed by atoms with E-state index in [1.54, 1.807) is 0 Å². The summed E-state index contributed by atoms with van der Waals surface area (Å²) in [5, 5.41) is 0.846. The number of aromatic nitrogens is 1. The zero-order valence-electron chi connectivity index (χ0n) is 16.0. The first-order valence-corrected chi connectivity index (χ1v) is 9.44. The molecule has 0 aliphatic rings. The molecule has 0 atom stereocenters. The van der Waals surface area contributed by atoms with Gasteiger partial charge in [-0.25, -0.2) is 0 Å². The van der Waals surface area contributed by atoms with Gasteiger partial charge in [-0.3, -0.25) is 4.79 Å². The second kappa shape index (κ2) is 8.48. The Balaban J connectivity index is 2.41. The number of aromatic amines is 1. The van der Waals surface area contributed by atoms with E-state index < -0.39 is 0 Å². The van der Waals surface area contributed by atoms with Crippen molar-refractivity contribution in [3.63, 3.8) is 0 Å². The molecule has 2 rings (SSSR count). The Morgan fingerprint density at radius 1 is 1.00 bits per heavy atom. The van der Waals surface area contributed by atoms with Gasteiger partial charge in [-0.1, -0.05) is 32.8 Å². The van der Waals surface area contributed by atoms with E-state index in [1.807, 2.05) is 13.0 Å². The van der Waals surface area contributed by atoms with Gasteiger partial charge in [0, 0.05) is 11.1 Å². The number of quaternary nitrogens is 1. The highest BCUT2D eigenvalue weighted by atomic mass is 16.1. The molecule has 3 nitrogen and oxygen atoms in total. The van der Waals surface area contributed by atoms with E-state index in [1.165, 1.54) is 30.6 Å². The molecule has 0 bridgehead atoms. The zero-order chi connectivity index (χ0) is 17.7. The topological polar surface area (TPSA) is 37.3 Å². The maximum atomic E-state index is 13.1. The predicted molar refractivity (Wildman–Crippen MR) is 103 cm³/mol. The van der Waals surface area contributed by atoms with Crippen molar-refractivity contribution in [2.75, 3.05) is 13.1 Å². The van der Waals surface area contributed by atoms with Crippen LogP contribution in [0.4, 0.5) is 0 Å². The summed E-state index contributed by atoms with van der Waals surface area (Å²) in [4.78, 5) is 18.1. The molecule has 0 saturated carbocycles.